The first-order valence-electron chi connectivity index (χ1n) is 10.9. The number of aromatic nitrogens is 5. The second-order valence-electron chi connectivity index (χ2n) is 7.94. The largest absolute Gasteiger partial charge is 0.354 e. The molecule has 13 heteroatoms. The molecule has 4 aromatic rings. The summed E-state index contributed by atoms with van der Waals surface area (Å²) >= 11 is 1.20. The minimum atomic E-state index is -3.74. The van der Waals surface area contributed by atoms with Crippen molar-refractivity contribution in [3.05, 3.63) is 66.4 Å². The molecule has 4 heterocycles. The van der Waals surface area contributed by atoms with Crippen LogP contribution in [0.2, 0.25) is 0 Å². The van der Waals surface area contributed by atoms with E-state index in [4.69, 9.17) is 0 Å². The molecule has 1 aliphatic rings. The van der Waals surface area contributed by atoms with Gasteiger partial charge in [0, 0.05) is 42.7 Å². The first-order chi connectivity index (χ1) is 17.0. The highest BCUT2D eigenvalue weighted by Crippen LogP contribution is 2.24. The van der Waals surface area contributed by atoms with Gasteiger partial charge >= 0.3 is 0 Å². The minimum absolute atomic E-state index is 0.0895. The number of piperidine rings is 1. The summed E-state index contributed by atoms with van der Waals surface area (Å²) < 4.78 is 29.0. The normalized spacial score (nSPS) is 16.1. The molecular formula is C22H22N8O3S2. The number of carbonyl (C=O) groups is 1. The van der Waals surface area contributed by atoms with Crippen LogP contribution in [0.15, 0.2) is 71.3 Å². The topological polar surface area (TPSA) is 135 Å². The van der Waals surface area contributed by atoms with Crippen LogP contribution < -0.4 is 14.9 Å². The van der Waals surface area contributed by atoms with Crippen molar-refractivity contribution in [1.82, 2.24) is 25.0 Å². The fourth-order valence-corrected chi connectivity index (χ4v) is 5.61. The Morgan fingerprint density at radius 3 is 2.54 bits per heavy atom. The summed E-state index contributed by atoms with van der Waals surface area (Å²) in [6, 6.07) is 11.6. The number of amides is 1. The monoisotopic (exact) mass is 510 g/mol. The Bertz CT molecular complexity index is 1370. The number of nitrogens with zero attached hydrogens (tertiary/aromatic N) is 6. The third-order valence-electron chi connectivity index (χ3n) is 5.58. The van der Waals surface area contributed by atoms with Crippen LogP contribution in [-0.4, -0.2) is 52.4 Å². The number of anilines is 3. The number of carbonyl (C=O) groups excluding carboxylic acids is 1. The number of rotatable bonds is 7. The van der Waals surface area contributed by atoms with Gasteiger partial charge in [-0.25, -0.2) is 18.1 Å². The minimum Gasteiger partial charge on any atom is -0.354 e. The Balaban J connectivity index is 1.20. The molecule has 1 amide bonds. The molecule has 2 N–H and O–H groups in total. The molecule has 11 nitrogen and oxygen atoms in total. The lowest BCUT2D eigenvalue weighted by molar-refractivity contribution is -0.120. The van der Waals surface area contributed by atoms with E-state index in [-0.39, 0.29) is 16.7 Å². The van der Waals surface area contributed by atoms with Gasteiger partial charge in [0.15, 0.2) is 16.8 Å². The van der Waals surface area contributed by atoms with Crippen LogP contribution in [0.4, 0.5) is 16.6 Å². The maximum Gasteiger partial charge on any atom is 0.263 e. The Morgan fingerprint density at radius 1 is 1.06 bits per heavy atom. The lowest BCUT2D eigenvalue weighted by Crippen LogP contribution is -2.41. The summed E-state index contributed by atoms with van der Waals surface area (Å²) in [6.07, 6.45) is 6.60. The van der Waals surface area contributed by atoms with E-state index in [2.05, 4.69) is 30.3 Å². The highest BCUT2D eigenvalue weighted by molar-refractivity contribution is 7.93. The van der Waals surface area contributed by atoms with Gasteiger partial charge in [-0.05, 0) is 55.3 Å². The van der Waals surface area contributed by atoms with E-state index < -0.39 is 10.0 Å². The van der Waals surface area contributed by atoms with Gasteiger partial charge in [-0.1, -0.05) is 0 Å². The van der Waals surface area contributed by atoms with Gasteiger partial charge in [-0.3, -0.25) is 9.52 Å². The van der Waals surface area contributed by atoms with Crippen LogP contribution in [0.3, 0.4) is 0 Å². The second-order valence-corrected chi connectivity index (χ2v) is 10.5. The fraction of sp³-hybridized carbons (Fsp3) is 0.227. The average molecular weight is 511 g/mol. The standard InChI is InChI=1S/C22H22N8O3S2/c31-21(25-17-4-6-18(7-5-17)35(32,33)28-22-23-11-14-34-22)16-3-1-12-29(15-16)19-8-9-20(27-26-19)30-13-2-10-24-30/h2,4-11,13-14,16H,1,3,12,15H2,(H,23,28)(H,25,31). The van der Waals surface area contributed by atoms with Crippen molar-refractivity contribution in [2.75, 3.05) is 28.0 Å². The zero-order valence-corrected chi connectivity index (χ0v) is 20.1. The highest BCUT2D eigenvalue weighted by atomic mass is 32.2. The van der Waals surface area contributed by atoms with Gasteiger partial charge in [0.05, 0.1) is 10.8 Å². The molecule has 3 aromatic heterocycles. The number of hydrogen-bond donors (Lipinski definition) is 2. The molecule has 1 atom stereocenters. The van der Waals surface area contributed by atoms with Gasteiger partial charge in [-0.2, -0.15) is 5.10 Å². The first kappa shape index (κ1) is 22.9. The molecule has 1 unspecified atom stereocenters. The van der Waals surface area contributed by atoms with Crippen molar-refractivity contribution in [3.63, 3.8) is 0 Å². The Hall–Kier alpha value is -3.84. The van der Waals surface area contributed by atoms with E-state index in [1.54, 1.807) is 34.6 Å². The molecule has 0 radical (unpaired) electrons. The van der Waals surface area contributed by atoms with Crippen molar-refractivity contribution in [3.8, 4) is 5.82 Å². The lowest BCUT2D eigenvalue weighted by atomic mass is 9.97. The van der Waals surface area contributed by atoms with Gasteiger partial charge in [0.2, 0.25) is 5.91 Å². The van der Waals surface area contributed by atoms with E-state index in [0.29, 0.717) is 29.0 Å². The van der Waals surface area contributed by atoms with Crippen LogP contribution in [0.25, 0.3) is 5.82 Å². The van der Waals surface area contributed by atoms with Crippen LogP contribution in [-0.2, 0) is 14.8 Å². The third kappa shape index (κ3) is 5.30. The molecule has 1 fully saturated rings. The first-order valence-corrected chi connectivity index (χ1v) is 13.3. The Labute approximate surface area is 205 Å². The number of hydrogen-bond acceptors (Lipinski definition) is 9. The van der Waals surface area contributed by atoms with Crippen LogP contribution >= 0.6 is 11.3 Å². The number of thiazole rings is 1. The molecule has 0 saturated carbocycles. The van der Waals surface area contributed by atoms with Gasteiger partial charge in [0.25, 0.3) is 10.0 Å². The van der Waals surface area contributed by atoms with Crippen molar-refractivity contribution in [2.45, 2.75) is 17.7 Å². The number of benzene rings is 1. The second kappa shape index (κ2) is 9.80. The smallest absolute Gasteiger partial charge is 0.263 e. The maximum absolute atomic E-state index is 12.9. The Morgan fingerprint density at radius 2 is 1.86 bits per heavy atom. The Kier molecular flexibility index (Phi) is 6.42. The van der Waals surface area contributed by atoms with E-state index in [1.807, 2.05) is 23.1 Å². The van der Waals surface area contributed by atoms with Crippen LogP contribution in [0.1, 0.15) is 12.8 Å². The quantitative estimate of drug-likeness (QED) is 0.388. The summed E-state index contributed by atoms with van der Waals surface area (Å²) in [7, 11) is -3.74. The summed E-state index contributed by atoms with van der Waals surface area (Å²) in [6.45, 7) is 1.31. The zero-order chi connectivity index (χ0) is 24.3. The number of nitrogens with one attached hydrogen (secondary N) is 2. The molecular weight excluding hydrogens is 488 g/mol. The zero-order valence-electron chi connectivity index (χ0n) is 18.5. The molecule has 0 bridgehead atoms. The number of sulfonamides is 1. The molecule has 1 aliphatic heterocycles. The predicted octanol–water partition coefficient (Wildman–Crippen LogP) is 2.77. The summed E-state index contributed by atoms with van der Waals surface area (Å²) in [5.41, 5.74) is 0.531. The molecule has 5 rings (SSSR count). The SMILES string of the molecule is O=C(Nc1ccc(S(=O)(=O)Nc2nccs2)cc1)C1CCCN(c2ccc(-n3cccn3)nn2)C1. The fourth-order valence-electron chi connectivity index (χ4n) is 3.82. The van der Waals surface area contributed by atoms with Crippen molar-refractivity contribution in [2.24, 2.45) is 5.92 Å². The predicted molar refractivity (Wildman–Crippen MR) is 132 cm³/mol. The summed E-state index contributed by atoms with van der Waals surface area (Å²) in [4.78, 5) is 19.0. The molecule has 1 saturated heterocycles. The average Bonchev–Trinajstić information content (AvgIpc) is 3.59. The highest BCUT2D eigenvalue weighted by Gasteiger charge is 2.27. The maximum atomic E-state index is 12.9. The molecule has 35 heavy (non-hydrogen) atoms. The van der Waals surface area contributed by atoms with Gasteiger partial charge in [-0.15, -0.1) is 21.5 Å². The molecule has 1 aromatic carbocycles. The summed E-state index contributed by atoms with van der Waals surface area (Å²) in [5, 5.41) is 17.6. The summed E-state index contributed by atoms with van der Waals surface area (Å²) in [5.74, 6) is 0.983. The van der Waals surface area contributed by atoms with E-state index in [0.717, 1.165) is 19.4 Å². The van der Waals surface area contributed by atoms with Gasteiger partial charge < -0.3 is 10.2 Å². The van der Waals surface area contributed by atoms with Crippen LogP contribution in [0.5, 0.6) is 0 Å². The van der Waals surface area contributed by atoms with E-state index in [1.165, 1.54) is 29.7 Å². The van der Waals surface area contributed by atoms with Crippen molar-refractivity contribution in [1.29, 1.82) is 0 Å². The molecule has 0 aliphatic carbocycles. The van der Waals surface area contributed by atoms with Crippen molar-refractivity contribution < 1.29 is 13.2 Å². The van der Waals surface area contributed by atoms with E-state index in [9.17, 15) is 13.2 Å². The van der Waals surface area contributed by atoms with E-state index >= 15 is 0 Å². The molecule has 180 valence electrons. The van der Waals surface area contributed by atoms with Crippen molar-refractivity contribution >= 4 is 43.9 Å². The lowest BCUT2D eigenvalue weighted by Gasteiger charge is -2.32. The third-order valence-corrected chi connectivity index (χ3v) is 7.75. The van der Waals surface area contributed by atoms with Crippen LogP contribution in [0, 0.1) is 5.92 Å². The molecule has 0 spiro atoms. The van der Waals surface area contributed by atoms with Gasteiger partial charge in [0.1, 0.15) is 0 Å².